The number of pyridine rings is 2. The van der Waals surface area contributed by atoms with E-state index in [1.165, 1.54) is 0 Å². The lowest BCUT2D eigenvalue weighted by atomic mass is 10.0. The van der Waals surface area contributed by atoms with Crippen LogP contribution in [0.5, 0.6) is 5.75 Å². The van der Waals surface area contributed by atoms with Gasteiger partial charge in [0.05, 0.1) is 41.6 Å². The van der Waals surface area contributed by atoms with Gasteiger partial charge in [0.15, 0.2) is 0 Å². The summed E-state index contributed by atoms with van der Waals surface area (Å²) >= 11 is 0. The molecule has 0 fully saturated rings. The Morgan fingerprint density at radius 1 is 0.757 bits per heavy atom. The van der Waals surface area contributed by atoms with Crippen LogP contribution in [-0.4, -0.2) is 25.1 Å². The van der Waals surface area contributed by atoms with Crippen LogP contribution >= 0.6 is 0 Å². The van der Waals surface area contributed by atoms with E-state index in [9.17, 15) is 0 Å². The lowest BCUT2D eigenvalue weighted by Crippen LogP contribution is -1.95. The number of nitrogens with zero attached hydrogens (tertiary/aromatic N) is 3. The smallest absolute Gasteiger partial charge is 0.138 e. The normalized spacial score (nSPS) is 11.4. The quantitative estimate of drug-likeness (QED) is 0.265. The van der Waals surface area contributed by atoms with Crippen LogP contribution in [0.2, 0.25) is 0 Å². The fraction of sp³-hybridized carbons (Fsp3) is 0.0333. The van der Waals surface area contributed by atoms with Crippen LogP contribution in [0.4, 0.5) is 0 Å². The summed E-state index contributed by atoms with van der Waals surface area (Å²) in [6, 6.07) is 22.4. The van der Waals surface area contributed by atoms with Gasteiger partial charge in [-0.3, -0.25) is 15.1 Å². The highest BCUT2D eigenvalue weighted by atomic mass is 16.5. The molecule has 0 amide bonds. The zero-order valence-electron chi connectivity index (χ0n) is 19.7. The van der Waals surface area contributed by atoms with Crippen molar-refractivity contribution in [2.75, 3.05) is 0 Å². The molecule has 0 atom stereocenters. The molecule has 0 saturated heterocycles. The molecule has 37 heavy (non-hydrogen) atoms. The molecule has 0 bridgehead atoms. The van der Waals surface area contributed by atoms with E-state index in [0.29, 0.717) is 6.61 Å². The molecule has 0 aliphatic heterocycles. The zero-order chi connectivity index (χ0) is 24.6. The second kappa shape index (κ2) is 8.80. The standard InChI is InChI=1S/C30H21N5O2/c1-2-4-19(5-3-1)17-37-23-10-22(13-31-14-23)20-6-7-27-25(11-20)30(35-34-27)28-12-24-26(21-8-9-36-18-21)15-32-16-29(24)33-28/h1-16,18,33H,17H2,(H,34,35). The molecule has 7 aromatic rings. The maximum Gasteiger partial charge on any atom is 0.138 e. The molecule has 7 nitrogen and oxygen atoms in total. The lowest BCUT2D eigenvalue weighted by Gasteiger charge is -2.08. The summed E-state index contributed by atoms with van der Waals surface area (Å²) in [5.74, 6) is 0.726. The maximum atomic E-state index is 6.00. The SMILES string of the molecule is c1ccc(COc2cncc(-c3ccc4[nH]nc(-c5cc6c(-c7ccoc7)cncc6[nH]5)c4c3)c2)cc1. The number of aromatic nitrogens is 5. The Morgan fingerprint density at radius 2 is 1.68 bits per heavy atom. The first-order chi connectivity index (χ1) is 18.3. The molecule has 0 radical (unpaired) electrons. The number of rotatable bonds is 6. The number of benzene rings is 2. The summed E-state index contributed by atoms with van der Waals surface area (Å²) < 4.78 is 11.3. The summed E-state index contributed by atoms with van der Waals surface area (Å²) in [5, 5.41) is 9.87. The molecule has 0 spiro atoms. The maximum absolute atomic E-state index is 6.00. The molecule has 0 aliphatic rings. The highest BCUT2D eigenvalue weighted by molar-refractivity contribution is 6.01. The Kier molecular flexibility index (Phi) is 5.03. The number of H-pyrrole nitrogens is 2. The molecule has 0 aliphatic carbocycles. The van der Waals surface area contributed by atoms with E-state index in [0.717, 1.165) is 66.8 Å². The zero-order valence-corrected chi connectivity index (χ0v) is 19.7. The van der Waals surface area contributed by atoms with Crippen LogP contribution in [0.3, 0.4) is 0 Å². The number of aromatic amines is 2. The van der Waals surface area contributed by atoms with Crippen molar-refractivity contribution in [2.24, 2.45) is 0 Å². The number of nitrogens with one attached hydrogen (secondary N) is 2. The van der Waals surface area contributed by atoms with E-state index in [1.54, 1.807) is 18.7 Å². The summed E-state index contributed by atoms with van der Waals surface area (Å²) in [7, 11) is 0. The molecule has 7 heteroatoms. The predicted octanol–water partition coefficient (Wildman–Crippen LogP) is 7.01. The summed E-state index contributed by atoms with van der Waals surface area (Å²) in [4.78, 5) is 12.3. The van der Waals surface area contributed by atoms with Crippen molar-refractivity contribution in [1.29, 1.82) is 0 Å². The number of ether oxygens (including phenoxy) is 1. The Balaban J connectivity index is 1.24. The number of hydrogen-bond donors (Lipinski definition) is 2. The first-order valence-electron chi connectivity index (χ1n) is 11.9. The van der Waals surface area contributed by atoms with Gasteiger partial charge in [-0.1, -0.05) is 36.4 Å². The van der Waals surface area contributed by atoms with Crippen molar-refractivity contribution < 1.29 is 9.15 Å². The fourth-order valence-electron chi connectivity index (χ4n) is 4.62. The molecule has 2 N–H and O–H groups in total. The monoisotopic (exact) mass is 483 g/mol. The Labute approximate surface area is 211 Å². The molecule has 0 saturated carbocycles. The van der Waals surface area contributed by atoms with Crippen LogP contribution in [-0.2, 0) is 6.61 Å². The van der Waals surface area contributed by atoms with Gasteiger partial charge >= 0.3 is 0 Å². The number of fused-ring (bicyclic) bond motifs is 2. The average molecular weight is 484 g/mol. The molecule has 7 rings (SSSR count). The van der Waals surface area contributed by atoms with Gasteiger partial charge in [0.2, 0.25) is 0 Å². The fourth-order valence-corrected chi connectivity index (χ4v) is 4.62. The van der Waals surface area contributed by atoms with Crippen LogP contribution in [0.15, 0.2) is 108 Å². The van der Waals surface area contributed by atoms with Crippen molar-refractivity contribution in [2.45, 2.75) is 6.61 Å². The molecule has 5 heterocycles. The number of furan rings is 1. The van der Waals surface area contributed by atoms with Gasteiger partial charge in [0, 0.05) is 39.9 Å². The predicted molar refractivity (Wildman–Crippen MR) is 143 cm³/mol. The lowest BCUT2D eigenvalue weighted by molar-refractivity contribution is 0.305. The van der Waals surface area contributed by atoms with E-state index in [4.69, 9.17) is 9.15 Å². The van der Waals surface area contributed by atoms with Gasteiger partial charge in [-0.05, 0) is 41.5 Å². The molecular formula is C30H21N5O2. The van der Waals surface area contributed by atoms with E-state index in [2.05, 4.69) is 43.3 Å². The number of hydrogen-bond acceptors (Lipinski definition) is 5. The van der Waals surface area contributed by atoms with Crippen LogP contribution in [0, 0.1) is 0 Å². The van der Waals surface area contributed by atoms with Crippen molar-refractivity contribution in [1.82, 2.24) is 25.1 Å². The second-order valence-electron chi connectivity index (χ2n) is 8.86. The van der Waals surface area contributed by atoms with E-state index in [-0.39, 0.29) is 0 Å². The molecular weight excluding hydrogens is 462 g/mol. The molecule has 0 unspecified atom stereocenters. The third-order valence-corrected chi connectivity index (χ3v) is 6.49. The van der Waals surface area contributed by atoms with Crippen LogP contribution in [0.1, 0.15) is 5.56 Å². The first-order valence-corrected chi connectivity index (χ1v) is 11.9. The molecule has 178 valence electrons. The Hall–Kier alpha value is -5.17. The van der Waals surface area contributed by atoms with Crippen molar-refractivity contribution in [3.63, 3.8) is 0 Å². The van der Waals surface area contributed by atoms with E-state index < -0.39 is 0 Å². The Bertz CT molecular complexity index is 1840. The summed E-state index contributed by atoms with van der Waals surface area (Å²) in [6.07, 6.45) is 10.7. The van der Waals surface area contributed by atoms with Crippen molar-refractivity contribution in [3.05, 3.63) is 110 Å². The minimum Gasteiger partial charge on any atom is -0.487 e. The van der Waals surface area contributed by atoms with Gasteiger partial charge < -0.3 is 14.1 Å². The van der Waals surface area contributed by atoms with Gasteiger partial charge in [-0.2, -0.15) is 5.10 Å². The Morgan fingerprint density at radius 3 is 2.57 bits per heavy atom. The van der Waals surface area contributed by atoms with Crippen molar-refractivity contribution >= 4 is 21.8 Å². The highest BCUT2D eigenvalue weighted by Crippen LogP contribution is 2.35. The summed E-state index contributed by atoms with van der Waals surface area (Å²) in [6.45, 7) is 0.493. The van der Waals surface area contributed by atoms with Crippen LogP contribution in [0.25, 0.3) is 55.4 Å². The van der Waals surface area contributed by atoms with Gasteiger partial charge in [-0.25, -0.2) is 0 Å². The van der Waals surface area contributed by atoms with E-state index >= 15 is 0 Å². The van der Waals surface area contributed by atoms with E-state index in [1.807, 2.05) is 67.1 Å². The minimum absolute atomic E-state index is 0.493. The third kappa shape index (κ3) is 3.92. The van der Waals surface area contributed by atoms with Crippen LogP contribution < -0.4 is 4.74 Å². The highest BCUT2D eigenvalue weighted by Gasteiger charge is 2.15. The first kappa shape index (κ1) is 21.1. The topological polar surface area (TPSA) is 92.6 Å². The molecule has 2 aromatic carbocycles. The van der Waals surface area contributed by atoms with Gasteiger partial charge in [0.25, 0.3) is 0 Å². The average Bonchev–Trinajstić information content (AvgIpc) is 3.71. The van der Waals surface area contributed by atoms with Crippen molar-refractivity contribution in [3.8, 4) is 39.4 Å². The van der Waals surface area contributed by atoms with Gasteiger partial charge in [0.1, 0.15) is 18.1 Å². The minimum atomic E-state index is 0.493. The summed E-state index contributed by atoms with van der Waals surface area (Å²) in [5.41, 5.74) is 8.76. The largest absolute Gasteiger partial charge is 0.487 e. The molecule has 5 aromatic heterocycles. The second-order valence-corrected chi connectivity index (χ2v) is 8.86. The van der Waals surface area contributed by atoms with Gasteiger partial charge in [-0.15, -0.1) is 0 Å². The third-order valence-electron chi connectivity index (χ3n) is 6.49.